The fraction of sp³-hybridized carbons (Fsp3) is 0.450. The number of amides is 2. The molecule has 4 atom stereocenters. The highest BCUT2D eigenvalue weighted by atomic mass is 33.1. The molecule has 62 heavy (non-hydrogen) atoms. The number of nitrogens with one attached hydrogen (secondary N) is 3. The third-order valence-corrected chi connectivity index (χ3v) is 11.6. The molecule has 0 unspecified atom stereocenters. The second kappa shape index (κ2) is 25.8. The van der Waals surface area contributed by atoms with Crippen molar-refractivity contribution in [2.24, 2.45) is 28.3 Å². The van der Waals surface area contributed by atoms with E-state index in [9.17, 15) is 48.6 Å². The lowest BCUT2D eigenvalue weighted by atomic mass is 9.92. The van der Waals surface area contributed by atoms with Crippen LogP contribution in [0, 0.1) is 25.2 Å². The fourth-order valence-corrected chi connectivity index (χ4v) is 7.71. The molecule has 2 heterocycles. The smallest absolute Gasteiger partial charge is 0.327 e. The zero-order chi connectivity index (χ0) is 45.8. The van der Waals surface area contributed by atoms with Crippen molar-refractivity contribution in [3.05, 3.63) is 71.0 Å². The Morgan fingerprint density at radius 3 is 2.32 bits per heavy atom. The molecule has 0 saturated heterocycles. The van der Waals surface area contributed by atoms with Gasteiger partial charge in [-0.2, -0.15) is 4.98 Å². The van der Waals surface area contributed by atoms with Gasteiger partial charge in [0.05, 0.1) is 30.3 Å². The van der Waals surface area contributed by atoms with Crippen LogP contribution in [0.1, 0.15) is 79.9 Å². The van der Waals surface area contributed by atoms with Crippen molar-refractivity contribution >= 4 is 85.8 Å². The van der Waals surface area contributed by atoms with E-state index in [0.717, 1.165) is 5.56 Å². The molecule has 11 N–H and O–H groups in total. The minimum atomic E-state index is -1.46. The lowest BCUT2D eigenvalue weighted by molar-refractivity contribution is -0.144. The molecule has 0 fully saturated rings. The molecule has 22 heteroatoms. The summed E-state index contributed by atoms with van der Waals surface area (Å²) in [4.78, 5) is 120. The van der Waals surface area contributed by atoms with Crippen LogP contribution in [0.25, 0.3) is 11.2 Å². The van der Waals surface area contributed by atoms with E-state index >= 15 is 0 Å². The number of aromatic nitrogens is 4. The molecular weight excluding hydrogens is 845 g/mol. The maximum Gasteiger partial charge on any atom is 0.327 e. The summed E-state index contributed by atoms with van der Waals surface area (Å²) >= 11 is 0. The largest absolute Gasteiger partial charge is 0.481 e. The number of nitrogens with zero attached hydrogens (tertiary/aromatic N) is 4. The Bertz CT molecular complexity index is 2150. The number of Topliss-reactive ketones (excluding diaryl/α,β-unsaturated/α-hetero) is 3. The second-order valence-electron chi connectivity index (χ2n) is 14.1. The summed E-state index contributed by atoms with van der Waals surface area (Å²) < 4.78 is 0. The van der Waals surface area contributed by atoms with Crippen LogP contribution in [-0.2, 0) is 41.6 Å². The van der Waals surface area contributed by atoms with Crippen LogP contribution in [0.3, 0.4) is 0 Å². The first kappa shape index (κ1) is 50.5. The molecule has 1 aromatic carbocycles. The van der Waals surface area contributed by atoms with Crippen molar-refractivity contribution in [3.8, 4) is 0 Å². The van der Waals surface area contributed by atoms with E-state index in [1.165, 1.54) is 27.8 Å². The lowest BCUT2D eigenvalue weighted by Crippen LogP contribution is -2.48. The molecule has 2 amide bonds. The Morgan fingerprint density at radius 2 is 1.66 bits per heavy atom. The SMILES string of the molecule is [CH][C@H](CC(=O)CC[CH]CC(=O)c1ccc(CCc2cnc3nc(N)[nH]c(=O)c3n2)cc1)C(=O)N[C@@H](CCCN=C(N)N)C(=O)C[C@@H](CC(=O)O)C(=O)N[C@@H](CSSCC)C(=O)O. The number of ketones is 3. The van der Waals surface area contributed by atoms with Gasteiger partial charge in [-0.05, 0) is 51.0 Å². The summed E-state index contributed by atoms with van der Waals surface area (Å²) in [6, 6.07) is 4.40. The summed E-state index contributed by atoms with van der Waals surface area (Å²) in [5.41, 5.74) is 18.1. The lowest BCUT2D eigenvalue weighted by Gasteiger charge is -2.23. The number of unbranched alkanes of at least 4 members (excludes halogenated alkanes) is 1. The number of hydrogen-bond acceptors (Lipinski definition) is 15. The van der Waals surface area contributed by atoms with Gasteiger partial charge < -0.3 is 38.0 Å². The van der Waals surface area contributed by atoms with E-state index in [0.29, 0.717) is 29.9 Å². The number of carbonyl (C=O) groups is 7. The van der Waals surface area contributed by atoms with Gasteiger partial charge in [-0.3, -0.25) is 43.5 Å². The van der Waals surface area contributed by atoms with Gasteiger partial charge in [-0.25, -0.2) is 14.8 Å². The highest BCUT2D eigenvalue weighted by molar-refractivity contribution is 8.76. The monoisotopic (exact) mass is 895 g/mol. The Balaban J connectivity index is 1.50. The standard InChI is InChI=1S/C40H51N10O10S2/c1-3-61-62-21-29(38(59)60)48-36(57)25(19-32(54)55)18-31(53)28(8-6-16-44-39(41)42)47-35(56)22(2)17-27(51)7-4-5-9-30(52)24-13-10-23(11-14-24)12-15-26-20-45-34-33(46-26)37(58)50-40(43)49-34/h2,5,10-11,13-14,20,22,25,28-29H,3-4,6-9,12,15-19,21H2,1H3,(H,47,56)(H,48,57)(H,54,55)(H,59,60)(H4,41,42,44)(H3,43,45,49,50,58)/t22-,25+,28+,29+/m1/s1. The van der Waals surface area contributed by atoms with Crippen LogP contribution in [-0.4, -0.2) is 107 Å². The van der Waals surface area contributed by atoms with Gasteiger partial charge in [0.15, 0.2) is 28.7 Å². The number of aliphatic carboxylic acids is 2. The van der Waals surface area contributed by atoms with Crippen LogP contribution >= 0.6 is 21.6 Å². The number of guanidine groups is 1. The number of aromatic amines is 1. The Morgan fingerprint density at radius 1 is 0.952 bits per heavy atom. The predicted molar refractivity (Wildman–Crippen MR) is 233 cm³/mol. The average Bonchev–Trinajstić information content (AvgIpc) is 3.21. The van der Waals surface area contributed by atoms with Crippen LogP contribution in [0.5, 0.6) is 0 Å². The summed E-state index contributed by atoms with van der Waals surface area (Å²) in [5, 5.41) is 23.8. The molecule has 3 aromatic rings. The van der Waals surface area contributed by atoms with Crippen molar-refractivity contribution in [2.75, 3.05) is 23.8 Å². The summed E-state index contributed by atoms with van der Waals surface area (Å²) in [6.45, 7) is 7.99. The van der Waals surface area contributed by atoms with Gasteiger partial charge in [0.25, 0.3) is 5.56 Å². The van der Waals surface area contributed by atoms with E-state index < -0.39 is 71.9 Å². The van der Waals surface area contributed by atoms with Crippen LogP contribution in [0.15, 0.2) is 40.2 Å². The molecule has 3 rings (SSSR count). The number of carboxylic acids is 2. The fourth-order valence-electron chi connectivity index (χ4n) is 5.89. The average molecular weight is 896 g/mol. The van der Waals surface area contributed by atoms with E-state index in [4.69, 9.17) is 24.1 Å². The number of nitrogens with two attached hydrogens (primary N) is 3. The maximum atomic E-state index is 13.5. The van der Waals surface area contributed by atoms with E-state index in [1.807, 2.05) is 19.1 Å². The van der Waals surface area contributed by atoms with E-state index in [2.05, 4.69) is 35.6 Å². The number of anilines is 1. The normalized spacial score (nSPS) is 13.0. The molecule has 0 aliphatic carbocycles. The number of benzene rings is 1. The highest BCUT2D eigenvalue weighted by Crippen LogP contribution is 2.22. The second-order valence-corrected chi connectivity index (χ2v) is 16.8. The number of aryl methyl sites for hydroxylation is 2. The third kappa shape index (κ3) is 17.6. The molecular formula is C40H51N10O10S2. The van der Waals surface area contributed by atoms with Gasteiger partial charge in [-0.1, -0.05) is 52.8 Å². The first-order chi connectivity index (χ1) is 29.5. The quantitative estimate of drug-likeness (QED) is 0.0161. The number of carbonyl (C=O) groups excluding carboxylic acids is 5. The third-order valence-electron chi connectivity index (χ3n) is 9.11. The maximum absolute atomic E-state index is 13.5. The van der Waals surface area contributed by atoms with Crippen molar-refractivity contribution in [1.29, 1.82) is 0 Å². The minimum Gasteiger partial charge on any atom is -0.481 e. The summed E-state index contributed by atoms with van der Waals surface area (Å²) in [7, 11) is 2.58. The number of fused-ring (bicyclic) bond motifs is 1. The molecule has 0 aliphatic heterocycles. The molecule has 2 aromatic heterocycles. The van der Waals surface area contributed by atoms with E-state index in [1.54, 1.807) is 18.6 Å². The van der Waals surface area contributed by atoms with Crippen LogP contribution in [0.4, 0.5) is 5.95 Å². The summed E-state index contributed by atoms with van der Waals surface area (Å²) in [6.07, 6.45) is 2.83. The van der Waals surface area contributed by atoms with Gasteiger partial charge >= 0.3 is 11.9 Å². The van der Waals surface area contributed by atoms with Crippen molar-refractivity contribution in [2.45, 2.75) is 83.2 Å². The predicted octanol–water partition coefficient (Wildman–Crippen LogP) is 1.48. The molecule has 0 saturated carbocycles. The zero-order valence-electron chi connectivity index (χ0n) is 34.0. The molecule has 0 aliphatic rings. The van der Waals surface area contributed by atoms with Crippen molar-refractivity contribution < 1.29 is 43.8 Å². The zero-order valence-corrected chi connectivity index (χ0v) is 35.7. The van der Waals surface area contributed by atoms with Crippen molar-refractivity contribution in [1.82, 2.24) is 30.6 Å². The molecule has 0 bridgehead atoms. The van der Waals surface area contributed by atoms with E-state index in [-0.39, 0.29) is 85.5 Å². The number of hydrogen-bond donors (Lipinski definition) is 8. The van der Waals surface area contributed by atoms with Crippen molar-refractivity contribution in [3.63, 3.8) is 0 Å². The van der Waals surface area contributed by atoms with Crippen LogP contribution < -0.4 is 33.4 Å². The topological polar surface area (TPSA) is 346 Å². The Hall–Kier alpha value is -5.90. The van der Waals surface area contributed by atoms with Gasteiger partial charge in [0.1, 0.15) is 11.8 Å². The van der Waals surface area contributed by atoms with Gasteiger partial charge in [0.2, 0.25) is 17.8 Å². The van der Waals surface area contributed by atoms with Gasteiger partial charge in [-0.15, -0.1) is 0 Å². The number of nitrogen functional groups attached to an aromatic ring is 1. The highest BCUT2D eigenvalue weighted by Gasteiger charge is 2.32. The molecule has 0 spiro atoms. The summed E-state index contributed by atoms with van der Waals surface area (Å²) in [5.74, 6) is -8.21. The molecule has 333 valence electrons. The molecule has 3 radical (unpaired) electrons. The first-order valence-corrected chi connectivity index (χ1v) is 22.1. The van der Waals surface area contributed by atoms with Crippen LogP contribution in [0.2, 0.25) is 0 Å². The molecule has 20 nitrogen and oxygen atoms in total. The minimum absolute atomic E-state index is 0.00639. The Kier molecular flexibility index (Phi) is 21.0. The first-order valence-electron chi connectivity index (χ1n) is 19.6. The van der Waals surface area contributed by atoms with Gasteiger partial charge in [0, 0.05) is 55.2 Å². The Labute approximate surface area is 365 Å². The number of aliphatic imine (C=N–C) groups is 1. The number of rotatable bonds is 29. The number of H-pyrrole nitrogens is 1. The number of carboxylic acid groups (broad SMARTS) is 2.